The first-order chi connectivity index (χ1) is 9.56. The van der Waals surface area contributed by atoms with Crippen molar-refractivity contribution >= 4 is 34.8 Å². The lowest BCUT2D eigenvalue weighted by Crippen LogP contribution is -2.03. The minimum Gasteiger partial charge on any atom is -0.477 e. The first-order valence-corrected chi connectivity index (χ1v) is 6.48. The number of carboxylic acid groups (broad SMARTS) is 1. The highest BCUT2D eigenvalue weighted by Gasteiger charge is 2.13. The number of nitrogens with zero attached hydrogens (tertiary/aromatic N) is 2. The first kappa shape index (κ1) is 13.0. The summed E-state index contributed by atoms with van der Waals surface area (Å²) in [5.74, 6) is -1.02. The number of carboxylic acids is 1. The molecule has 0 unspecified atom stereocenters. The van der Waals surface area contributed by atoms with Gasteiger partial charge in [-0.15, -0.1) is 0 Å². The third kappa shape index (κ3) is 2.13. The predicted octanol–water partition coefficient (Wildman–Crippen LogP) is 4.01. The summed E-state index contributed by atoms with van der Waals surface area (Å²) in [6, 6.07) is 9.96. The SMILES string of the molecule is O=C(O)c1cccc2nc(-c3cc(Cl)ccc3Cl)cn12. The fourth-order valence-electron chi connectivity index (χ4n) is 2.01. The molecule has 6 heteroatoms. The number of aromatic nitrogens is 2. The van der Waals surface area contributed by atoms with Crippen LogP contribution in [0.4, 0.5) is 0 Å². The number of fused-ring (bicyclic) bond motifs is 1. The van der Waals surface area contributed by atoms with E-state index in [1.165, 1.54) is 10.5 Å². The van der Waals surface area contributed by atoms with Crippen molar-refractivity contribution in [2.75, 3.05) is 0 Å². The molecule has 0 aliphatic rings. The second-order valence-electron chi connectivity index (χ2n) is 4.19. The molecular weight excluding hydrogens is 299 g/mol. The number of pyridine rings is 1. The molecule has 2 heterocycles. The Morgan fingerprint density at radius 1 is 1.20 bits per heavy atom. The summed E-state index contributed by atoms with van der Waals surface area (Å²) in [6.07, 6.45) is 1.64. The van der Waals surface area contributed by atoms with Gasteiger partial charge in [-0.25, -0.2) is 9.78 Å². The number of benzene rings is 1. The van der Waals surface area contributed by atoms with E-state index >= 15 is 0 Å². The Kier molecular flexibility index (Phi) is 3.12. The van der Waals surface area contributed by atoms with Crippen LogP contribution in [0.5, 0.6) is 0 Å². The average Bonchev–Trinajstić information content (AvgIpc) is 2.84. The Labute approximate surface area is 124 Å². The van der Waals surface area contributed by atoms with Gasteiger partial charge in [0.1, 0.15) is 11.3 Å². The monoisotopic (exact) mass is 306 g/mol. The van der Waals surface area contributed by atoms with Crippen LogP contribution in [0.25, 0.3) is 16.9 Å². The Morgan fingerprint density at radius 3 is 2.75 bits per heavy atom. The Morgan fingerprint density at radius 2 is 2.00 bits per heavy atom. The summed E-state index contributed by atoms with van der Waals surface area (Å²) < 4.78 is 1.51. The summed E-state index contributed by atoms with van der Waals surface area (Å²) in [6.45, 7) is 0. The van der Waals surface area contributed by atoms with Gasteiger partial charge in [0.25, 0.3) is 0 Å². The number of hydrogen-bond donors (Lipinski definition) is 1. The molecule has 0 aliphatic heterocycles. The van der Waals surface area contributed by atoms with Gasteiger partial charge < -0.3 is 5.11 Å². The van der Waals surface area contributed by atoms with Crippen molar-refractivity contribution in [2.45, 2.75) is 0 Å². The molecular formula is C14H8Cl2N2O2. The van der Waals surface area contributed by atoms with E-state index < -0.39 is 5.97 Å². The van der Waals surface area contributed by atoms with E-state index in [-0.39, 0.29) is 5.69 Å². The van der Waals surface area contributed by atoms with Crippen molar-refractivity contribution in [1.29, 1.82) is 0 Å². The predicted molar refractivity (Wildman–Crippen MR) is 77.6 cm³/mol. The summed E-state index contributed by atoms with van der Waals surface area (Å²) in [5, 5.41) is 10.2. The van der Waals surface area contributed by atoms with Crippen LogP contribution >= 0.6 is 23.2 Å². The summed E-state index contributed by atoms with van der Waals surface area (Å²) in [4.78, 5) is 15.6. The lowest BCUT2D eigenvalue weighted by atomic mass is 10.2. The van der Waals surface area contributed by atoms with Crippen LogP contribution in [0, 0.1) is 0 Å². The molecule has 3 rings (SSSR count). The van der Waals surface area contributed by atoms with Crippen molar-refractivity contribution in [2.24, 2.45) is 0 Å². The van der Waals surface area contributed by atoms with Crippen LogP contribution in [0.2, 0.25) is 10.0 Å². The first-order valence-electron chi connectivity index (χ1n) is 5.73. The topological polar surface area (TPSA) is 54.6 Å². The van der Waals surface area contributed by atoms with Crippen molar-refractivity contribution < 1.29 is 9.90 Å². The molecule has 1 aromatic carbocycles. The maximum absolute atomic E-state index is 11.2. The largest absolute Gasteiger partial charge is 0.477 e. The van der Waals surface area contributed by atoms with Gasteiger partial charge in [0.05, 0.1) is 10.7 Å². The van der Waals surface area contributed by atoms with Gasteiger partial charge in [0.2, 0.25) is 0 Å². The average molecular weight is 307 g/mol. The molecule has 0 aliphatic carbocycles. The van der Waals surface area contributed by atoms with E-state index in [1.807, 2.05) is 0 Å². The van der Waals surface area contributed by atoms with Gasteiger partial charge in [-0.1, -0.05) is 29.3 Å². The molecule has 0 saturated carbocycles. The summed E-state index contributed by atoms with van der Waals surface area (Å²) in [5.41, 5.74) is 1.92. The van der Waals surface area contributed by atoms with Gasteiger partial charge in [-0.2, -0.15) is 0 Å². The van der Waals surface area contributed by atoms with Crippen LogP contribution in [-0.4, -0.2) is 20.5 Å². The fourth-order valence-corrected chi connectivity index (χ4v) is 2.40. The molecule has 0 fully saturated rings. The van der Waals surface area contributed by atoms with E-state index in [0.29, 0.717) is 26.9 Å². The van der Waals surface area contributed by atoms with Crippen molar-refractivity contribution in [3.05, 3.63) is 58.3 Å². The van der Waals surface area contributed by atoms with Gasteiger partial charge in [0, 0.05) is 16.8 Å². The lowest BCUT2D eigenvalue weighted by Gasteiger charge is -2.00. The van der Waals surface area contributed by atoms with Gasteiger partial charge in [-0.3, -0.25) is 4.40 Å². The minimum atomic E-state index is -1.02. The van der Waals surface area contributed by atoms with Crippen molar-refractivity contribution in [3.63, 3.8) is 0 Å². The zero-order valence-corrected chi connectivity index (χ0v) is 11.6. The van der Waals surface area contributed by atoms with Crippen LogP contribution < -0.4 is 0 Å². The summed E-state index contributed by atoms with van der Waals surface area (Å²) in [7, 11) is 0. The minimum absolute atomic E-state index is 0.138. The molecule has 2 aromatic heterocycles. The third-order valence-corrected chi connectivity index (χ3v) is 3.48. The molecule has 1 N–H and O–H groups in total. The van der Waals surface area contributed by atoms with E-state index in [2.05, 4.69) is 4.98 Å². The fraction of sp³-hybridized carbons (Fsp3) is 0. The molecule has 0 spiro atoms. The highest BCUT2D eigenvalue weighted by atomic mass is 35.5. The van der Waals surface area contributed by atoms with Gasteiger partial charge >= 0.3 is 5.97 Å². The molecule has 0 bridgehead atoms. The number of aromatic carboxylic acids is 1. The molecule has 0 saturated heterocycles. The molecule has 20 heavy (non-hydrogen) atoms. The third-order valence-electron chi connectivity index (χ3n) is 2.92. The lowest BCUT2D eigenvalue weighted by molar-refractivity contribution is 0.0689. The maximum atomic E-state index is 11.2. The highest BCUT2D eigenvalue weighted by molar-refractivity contribution is 6.35. The number of carbonyl (C=O) groups is 1. The number of halogens is 2. The van der Waals surface area contributed by atoms with Crippen molar-refractivity contribution in [3.8, 4) is 11.3 Å². The zero-order valence-electron chi connectivity index (χ0n) is 10.0. The van der Waals surface area contributed by atoms with Crippen molar-refractivity contribution in [1.82, 2.24) is 9.38 Å². The second-order valence-corrected chi connectivity index (χ2v) is 5.04. The van der Waals surface area contributed by atoms with E-state index in [1.54, 1.807) is 36.5 Å². The van der Waals surface area contributed by atoms with Crippen LogP contribution in [0.1, 0.15) is 10.5 Å². The van der Waals surface area contributed by atoms with Crippen LogP contribution in [-0.2, 0) is 0 Å². The molecule has 0 radical (unpaired) electrons. The van der Waals surface area contributed by atoms with Gasteiger partial charge in [-0.05, 0) is 30.3 Å². The summed E-state index contributed by atoms with van der Waals surface area (Å²) >= 11 is 12.1. The Hall–Kier alpha value is -2.04. The quantitative estimate of drug-likeness (QED) is 0.778. The highest BCUT2D eigenvalue weighted by Crippen LogP contribution is 2.30. The molecule has 0 amide bonds. The van der Waals surface area contributed by atoms with E-state index in [0.717, 1.165) is 0 Å². The number of hydrogen-bond acceptors (Lipinski definition) is 2. The van der Waals surface area contributed by atoms with Crippen LogP contribution in [0.15, 0.2) is 42.6 Å². The van der Waals surface area contributed by atoms with Gasteiger partial charge in [0.15, 0.2) is 0 Å². The standard InChI is InChI=1S/C14H8Cl2N2O2/c15-8-4-5-10(16)9(6-8)11-7-18-12(14(19)20)2-1-3-13(18)17-11/h1-7H,(H,19,20). The molecule has 100 valence electrons. The molecule has 4 nitrogen and oxygen atoms in total. The van der Waals surface area contributed by atoms with E-state index in [9.17, 15) is 4.79 Å². The molecule has 0 atom stereocenters. The number of imidazole rings is 1. The molecule has 3 aromatic rings. The van der Waals surface area contributed by atoms with E-state index in [4.69, 9.17) is 28.3 Å². The Bertz CT molecular complexity index is 827. The number of rotatable bonds is 2. The Balaban J connectivity index is 2.26. The smallest absolute Gasteiger partial charge is 0.352 e. The van der Waals surface area contributed by atoms with Crippen LogP contribution in [0.3, 0.4) is 0 Å². The second kappa shape index (κ2) is 4.81. The normalized spacial score (nSPS) is 10.9. The maximum Gasteiger partial charge on any atom is 0.352 e. The zero-order chi connectivity index (χ0) is 14.3.